The zero-order chi connectivity index (χ0) is 32.6. The molecule has 0 fully saturated rings. The van der Waals surface area contributed by atoms with E-state index >= 15 is 0 Å². The van der Waals surface area contributed by atoms with Gasteiger partial charge in [-0.1, -0.05) is 92.2 Å². The number of aryl methyl sites for hydroxylation is 1. The van der Waals surface area contributed by atoms with E-state index in [9.17, 15) is 9.59 Å². The summed E-state index contributed by atoms with van der Waals surface area (Å²) < 4.78 is 5.78. The lowest BCUT2D eigenvalue weighted by molar-refractivity contribution is -0.137. The Hall–Kier alpha value is -4.29. The van der Waals surface area contributed by atoms with Crippen LogP contribution in [0.2, 0.25) is 5.02 Å². The number of carboxylic acid groups (broad SMARTS) is 1. The molecule has 0 aromatic heterocycles. The van der Waals surface area contributed by atoms with Gasteiger partial charge >= 0.3 is 5.97 Å². The third-order valence-corrected chi connectivity index (χ3v) is 5.86. The van der Waals surface area contributed by atoms with Gasteiger partial charge in [-0.25, -0.2) is 0 Å². The Morgan fingerprint density at radius 1 is 1.02 bits per heavy atom. The van der Waals surface area contributed by atoms with Gasteiger partial charge in [0.05, 0.1) is 6.42 Å². The first kappa shape index (κ1) is 38.7. The monoisotopic (exact) mass is 606 g/mol. The second kappa shape index (κ2) is 23.3. The van der Waals surface area contributed by atoms with Gasteiger partial charge in [0.25, 0.3) is 0 Å². The number of aliphatic carboxylic acids is 1. The van der Waals surface area contributed by atoms with Gasteiger partial charge in [-0.2, -0.15) is 0 Å². The molecule has 0 heterocycles. The van der Waals surface area contributed by atoms with Crippen molar-refractivity contribution < 1.29 is 19.4 Å². The quantitative estimate of drug-likeness (QED) is 0.179. The average molecular weight is 607 g/mol. The van der Waals surface area contributed by atoms with Gasteiger partial charge in [-0.15, -0.1) is 13.2 Å². The molecule has 3 aromatic carbocycles. The summed E-state index contributed by atoms with van der Waals surface area (Å²) in [5.74, 6) is 0.0383. The Morgan fingerprint density at radius 3 is 2.26 bits per heavy atom. The van der Waals surface area contributed by atoms with Crippen LogP contribution in [0, 0.1) is 0 Å². The summed E-state index contributed by atoms with van der Waals surface area (Å²) in [4.78, 5) is 22.0. The van der Waals surface area contributed by atoms with E-state index in [2.05, 4.69) is 30.4 Å². The SMILES string of the molecule is C/C=C\COc1ccccc1-c1ccc(CCC(=O)O)cc1.C=C.C=C(C)CNc1ccc(Cl)cc1CC(=O)NC.CC. The number of anilines is 1. The van der Waals surface area contributed by atoms with Gasteiger partial charge < -0.3 is 20.5 Å². The molecule has 232 valence electrons. The fourth-order valence-electron chi connectivity index (χ4n) is 3.56. The Labute approximate surface area is 263 Å². The van der Waals surface area contributed by atoms with Crippen molar-refractivity contribution >= 4 is 29.2 Å². The van der Waals surface area contributed by atoms with Crippen molar-refractivity contribution in [2.45, 2.75) is 47.0 Å². The van der Waals surface area contributed by atoms with Gasteiger partial charge in [-0.3, -0.25) is 9.59 Å². The normalized spacial score (nSPS) is 9.63. The molecule has 0 radical (unpaired) electrons. The van der Waals surface area contributed by atoms with E-state index in [0.717, 1.165) is 39.3 Å². The van der Waals surface area contributed by atoms with E-state index in [1.807, 2.05) is 94.4 Å². The van der Waals surface area contributed by atoms with Crippen molar-refractivity contribution in [1.29, 1.82) is 0 Å². The van der Waals surface area contributed by atoms with Crippen LogP contribution in [-0.2, 0) is 22.4 Å². The number of likely N-dealkylation sites (N-methyl/N-ethyl adjacent to an activating group) is 1. The Balaban J connectivity index is 0.000000755. The number of carbonyl (C=O) groups excluding carboxylic acids is 1. The molecule has 3 rings (SSSR count). The van der Waals surface area contributed by atoms with E-state index in [-0.39, 0.29) is 12.3 Å². The van der Waals surface area contributed by atoms with E-state index in [0.29, 0.717) is 31.0 Å². The lowest BCUT2D eigenvalue weighted by Crippen LogP contribution is -2.20. The van der Waals surface area contributed by atoms with Crippen molar-refractivity contribution in [2.75, 3.05) is 25.5 Å². The molecule has 1 amide bonds. The molecule has 43 heavy (non-hydrogen) atoms. The molecule has 6 nitrogen and oxygen atoms in total. The number of nitrogens with one attached hydrogen (secondary N) is 2. The zero-order valence-electron chi connectivity index (χ0n) is 26.2. The molecular weight excluding hydrogens is 560 g/mol. The van der Waals surface area contributed by atoms with Crippen molar-refractivity contribution in [2.24, 2.45) is 0 Å². The number of ether oxygens (including phenoxy) is 1. The molecule has 7 heteroatoms. The fraction of sp³-hybridized carbons (Fsp3) is 0.278. The Kier molecular flexibility index (Phi) is 21.0. The van der Waals surface area contributed by atoms with E-state index in [1.54, 1.807) is 19.2 Å². The Bertz CT molecular complexity index is 1290. The average Bonchev–Trinajstić information content (AvgIpc) is 3.02. The van der Waals surface area contributed by atoms with E-state index < -0.39 is 5.97 Å². The number of benzene rings is 3. The summed E-state index contributed by atoms with van der Waals surface area (Å²) in [6.07, 6.45) is 4.94. The van der Waals surface area contributed by atoms with Crippen LogP contribution in [0.3, 0.4) is 0 Å². The number of rotatable bonds is 12. The number of amides is 1. The lowest BCUT2D eigenvalue weighted by atomic mass is 10.0. The summed E-state index contributed by atoms with van der Waals surface area (Å²) >= 11 is 5.93. The van der Waals surface area contributed by atoms with Gasteiger partial charge in [0.15, 0.2) is 0 Å². The van der Waals surface area contributed by atoms with Gasteiger partial charge in [0.1, 0.15) is 12.4 Å². The molecule has 0 saturated carbocycles. The van der Waals surface area contributed by atoms with Crippen LogP contribution >= 0.6 is 11.6 Å². The van der Waals surface area contributed by atoms with Crippen LogP contribution in [0.5, 0.6) is 5.75 Å². The zero-order valence-corrected chi connectivity index (χ0v) is 27.0. The number of para-hydroxylation sites is 1. The minimum atomic E-state index is -0.771. The van der Waals surface area contributed by atoms with E-state index in [4.69, 9.17) is 21.4 Å². The molecule has 3 N–H and O–H groups in total. The summed E-state index contributed by atoms with van der Waals surface area (Å²) in [5.41, 5.74) is 5.97. The molecule has 0 aliphatic heterocycles. The third-order valence-electron chi connectivity index (χ3n) is 5.63. The predicted octanol–water partition coefficient (Wildman–Crippen LogP) is 8.77. The predicted molar refractivity (Wildman–Crippen MR) is 183 cm³/mol. The molecule has 0 bridgehead atoms. The van der Waals surface area contributed by atoms with Gasteiger partial charge in [0, 0.05) is 36.3 Å². The summed E-state index contributed by atoms with van der Waals surface area (Å²) in [6, 6.07) is 21.4. The number of halogens is 1. The van der Waals surface area contributed by atoms with Crippen molar-refractivity contribution in [3.05, 3.63) is 120 Å². The molecule has 0 saturated heterocycles. The molecule has 0 aliphatic rings. The van der Waals surface area contributed by atoms with Crippen LogP contribution in [-0.4, -0.2) is 37.2 Å². The standard InChI is InChI=1S/C19H20O3.C13H17ClN2O.C2H6.C2H4/c1-2-3-14-22-18-7-5-4-6-17(18)16-11-8-15(9-12-16)10-13-19(20)21;1-9(2)8-16-12-5-4-11(14)6-10(12)7-13(17)15-3;2*1-2/h2-9,11-12H,10,13-14H2,1H3,(H,20,21);4-6,16H,1,7-8H2,2-3H3,(H,15,17);1-2H3;1-2H2/b3-2-;;;. The van der Waals surface area contributed by atoms with Crippen molar-refractivity contribution in [1.82, 2.24) is 5.32 Å². The first-order valence-electron chi connectivity index (χ1n) is 14.2. The fourth-order valence-corrected chi connectivity index (χ4v) is 3.75. The molecular formula is C36H47ClN2O4. The lowest BCUT2D eigenvalue weighted by Gasteiger charge is -2.12. The highest BCUT2D eigenvalue weighted by Crippen LogP contribution is 2.30. The smallest absolute Gasteiger partial charge is 0.303 e. The third kappa shape index (κ3) is 16.1. The maximum Gasteiger partial charge on any atom is 0.303 e. The van der Waals surface area contributed by atoms with Crippen LogP contribution < -0.4 is 15.4 Å². The Morgan fingerprint density at radius 2 is 1.67 bits per heavy atom. The van der Waals surface area contributed by atoms with Crippen molar-refractivity contribution in [3.8, 4) is 16.9 Å². The largest absolute Gasteiger partial charge is 0.489 e. The maximum absolute atomic E-state index is 11.4. The minimum absolute atomic E-state index is 0.0364. The molecule has 0 atom stereocenters. The van der Waals surface area contributed by atoms with Crippen LogP contribution in [0.4, 0.5) is 5.69 Å². The van der Waals surface area contributed by atoms with Gasteiger partial charge in [-0.05, 0) is 61.2 Å². The minimum Gasteiger partial charge on any atom is -0.489 e. The number of carboxylic acids is 1. The summed E-state index contributed by atoms with van der Waals surface area (Å²) in [7, 11) is 1.62. The van der Waals surface area contributed by atoms with Crippen LogP contribution in [0.25, 0.3) is 11.1 Å². The highest BCUT2D eigenvalue weighted by atomic mass is 35.5. The molecule has 0 unspecified atom stereocenters. The second-order valence-electron chi connectivity index (χ2n) is 8.93. The molecule has 0 aliphatic carbocycles. The maximum atomic E-state index is 11.4. The molecule has 3 aromatic rings. The summed E-state index contributed by atoms with van der Waals surface area (Å²) in [6.45, 7) is 19.0. The highest BCUT2D eigenvalue weighted by molar-refractivity contribution is 6.30. The van der Waals surface area contributed by atoms with Crippen LogP contribution in [0.1, 0.15) is 45.2 Å². The highest BCUT2D eigenvalue weighted by Gasteiger charge is 2.08. The second-order valence-corrected chi connectivity index (χ2v) is 9.37. The topological polar surface area (TPSA) is 87.7 Å². The number of carbonyl (C=O) groups is 2. The first-order chi connectivity index (χ1) is 20.7. The van der Waals surface area contributed by atoms with Crippen molar-refractivity contribution in [3.63, 3.8) is 0 Å². The summed E-state index contributed by atoms with van der Waals surface area (Å²) in [5, 5.41) is 15.2. The number of hydrogen-bond acceptors (Lipinski definition) is 4. The van der Waals surface area contributed by atoms with E-state index in [1.165, 1.54) is 0 Å². The first-order valence-corrected chi connectivity index (χ1v) is 14.6. The van der Waals surface area contributed by atoms with Gasteiger partial charge in [0.2, 0.25) is 5.91 Å². The molecule has 0 spiro atoms. The number of hydrogen-bond donors (Lipinski definition) is 3. The number of allylic oxidation sites excluding steroid dienone is 1. The van der Waals surface area contributed by atoms with Crippen LogP contribution in [0.15, 0.2) is 104 Å².